The molecule has 0 unspecified atom stereocenters. The van der Waals surface area contributed by atoms with E-state index in [4.69, 9.17) is 0 Å². The third-order valence-corrected chi connectivity index (χ3v) is 1.86. The monoisotopic (exact) mass is 194 g/mol. The van der Waals surface area contributed by atoms with Crippen LogP contribution < -0.4 is 0 Å². The van der Waals surface area contributed by atoms with Crippen LogP contribution in [0.4, 0.5) is 0 Å². The summed E-state index contributed by atoms with van der Waals surface area (Å²) in [6.07, 6.45) is 2.67. The molecule has 0 fully saturated rings. The van der Waals surface area contributed by atoms with Crippen molar-refractivity contribution in [3.63, 3.8) is 0 Å². The Morgan fingerprint density at radius 2 is 1.79 bits per heavy atom. The van der Waals surface area contributed by atoms with Gasteiger partial charge in [-0.3, -0.25) is 9.80 Å². The molecular weight excluding hydrogens is 176 g/mol. The first-order valence-electron chi connectivity index (χ1n) is 4.44. The molecule has 0 saturated carbocycles. The molecule has 0 saturated heterocycles. The summed E-state index contributed by atoms with van der Waals surface area (Å²) in [4.78, 5) is 11.3. The largest absolute Gasteiger partial charge is 0.294 e. The highest BCUT2D eigenvalue weighted by molar-refractivity contribution is 6.47. The zero-order valence-electron chi connectivity index (χ0n) is 9.37. The van der Waals surface area contributed by atoms with Gasteiger partial charge in [0.05, 0.1) is 0 Å². The molecule has 0 amide bonds. The average Bonchev–Trinajstić information content (AvgIpc) is 2.10. The van der Waals surface area contributed by atoms with Gasteiger partial charge in [0.25, 0.3) is 0 Å². The second kappa shape index (κ2) is 4.74. The van der Waals surface area contributed by atoms with Crippen molar-refractivity contribution in [2.24, 2.45) is 5.10 Å². The second-order valence-electron chi connectivity index (χ2n) is 3.95. The van der Waals surface area contributed by atoms with E-state index in [0.29, 0.717) is 5.71 Å². The molecule has 0 aliphatic rings. The Labute approximate surface area is 85.8 Å². The number of rotatable bonds is 4. The van der Waals surface area contributed by atoms with Crippen LogP contribution in [0.3, 0.4) is 0 Å². The Balaban J connectivity index is 4.86. The van der Waals surface area contributed by atoms with Gasteiger partial charge in [0, 0.05) is 12.6 Å². The highest BCUT2D eigenvalue weighted by Gasteiger charge is 2.16. The van der Waals surface area contributed by atoms with Crippen molar-refractivity contribution in [2.45, 2.75) is 26.3 Å². The highest BCUT2D eigenvalue weighted by Crippen LogP contribution is 2.10. The van der Waals surface area contributed by atoms with Crippen molar-refractivity contribution in [3.05, 3.63) is 25.3 Å². The molecule has 0 radical (unpaired) electrons. The molecule has 3 nitrogen and oxygen atoms in total. The van der Waals surface area contributed by atoms with Gasteiger partial charge in [0.1, 0.15) is 5.71 Å². The lowest BCUT2D eigenvalue weighted by atomic mass is 10.1. The number of hydrogen-bond donors (Lipinski definition) is 0. The van der Waals surface area contributed by atoms with Gasteiger partial charge in [0.2, 0.25) is 5.78 Å². The minimum absolute atomic E-state index is 0.115. The molecule has 0 rings (SSSR count). The standard InChI is InChI=1S/C11H18N2O/c1-7-9(10(14)8-2)12-13(6)11(3,4)5/h7-8H,1-2H2,3-6H3/b12-9+. The zero-order valence-corrected chi connectivity index (χ0v) is 9.37. The Morgan fingerprint density at radius 3 is 2.07 bits per heavy atom. The van der Waals surface area contributed by atoms with Crippen molar-refractivity contribution < 1.29 is 4.79 Å². The van der Waals surface area contributed by atoms with Crippen LogP contribution in [0, 0.1) is 0 Å². The third-order valence-electron chi connectivity index (χ3n) is 1.86. The van der Waals surface area contributed by atoms with E-state index < -0.39 is 0 Å². The van der Waals surface area contributed by atoms with E-state index in [1.165, 1.54) is 12.2 Å². The lowest BCUT2D eigenvalue weighted by molar-refractivity contribution is -0.108. The Kier molecular flexibility index (Phi) is 4.28. The first-order valence-corrected chi connectivity index (χ1v) is 4.44. The van der Waals surface area contributed by atoms with Gasteiger partial charge in [-0.1, -0.05) is 13.2 Å². The van der Waals surface area contributed by atoms with Crippen LogP contribution in [0.2, 0.25) is 0 Å². The minimum atomic E-state index is -0.212. The summed E-state index contributed by atoms with van der Waals surface area (Å²) in [7, 11) is 1.82. The normalized spacial score (nSPS) is 12.1. The quantitative estimate of drug-likeness (QED) is 0.389. The topological polar surface area (TPSA) is 32.7 Å². The molecular formula is C11H18N2O. The van der Waals surface area contributed by atoms with Gasteiger partial charge < -0.3 is 0 Å². The van der Waals surface area contributed by atoms with E-state index in [1.807, 2.05) is 27.8 Å². The molecule has 0 N–H and O–H groups in total. The predicted octanol–water partition coefficient (Wildman–Crippen LogP) is 2.01. The molecule has 0 aromatic heterocycles. The second-order valence-corrected chi connectivity index (χ2v) is 3.95. The van der Waals surface area contributed by atoms with Crippen molar-refractivity contribution >= 4 is 11.5 Å². The van der Waals surface area contributed by atoms with Gasteiger partial charge >= 0.3 is 0 Å². The number of carbonyl (C=O) groups is 1. The molecule has 78 valence electrons. The van der Waals surface area contributed by atoms with Gasteiger partial charge in [-0.2, -0.15) is 5.10 Å². The van der Waals surface area contributed by atoms with Gasteiger partial charge in [-0.15, -0.1) is 0 Å². The molecule has 3 heteroatoms. The molecule has 0 aliphatic carbocycles. The minimum Gasteiger partial charge on any atom is -0.294 e. The lowest BCUT2D eigenvalue weighted by Gasteiger charge is -2.29. The molecule has 0 bridgehead atoms. The van der Waals surface area contributed by atoms with Crippen molar-refractivity contribution in [2.75, 3.05) is 7.05 Å². The van der Waals surface area contributed by atoms with Crippen LogP contribution in [0.5, 0.6) is 0 Å². The van der Waals surface area contributed by atoms with E-state index >= 15 is 0 Å². The van der Waals surface area contributed by atoms with Gasteiger partial charge in [-0.25, -0.2) is 0 Å². The highest BCUT2D eigenvalue weighted by atomic mass is 16.1. The zero-order chi connectivity index (χ0) is 11.4. The maximum absolute atomic E-state index is 11.3. The third kappa shape index (κ3) is 3.56. The van der Waals surface area contributed by atoms with Gasteiger partial charge in [0.15, 0.2) is 0 Å². The first kappa shape index (κ1) is 12.6. The molecule has 0 heterocycles. The Hall–Kier alpha value is -1.38. The fraction of sp³-hybridized carbons (Fsp3) is 0.455. The van der Waals surface area contributed by atoms with E-state index in [2.05, 4.69) is 18.3 Å². The molecule has 14 heavy (non-hydrogen) atoms. The summed E-state index contributed by atoms with van der Waals surface area (Å²) in [5.74, 6) is -0.212. The molecule has 0 aromatic rings. The summed E-state index contributed by atoms with van der Waals surface area (Å²) >= 11 is 0. The fourth-order valence-electron chi connectivity index (χ4n) is 0.607. The number of hydrazone groups is 1. The van der Waals surface area contributed by atoms with E-state index in [1.54, 1.807) is 5.01 Å². The smallest absolute Gasteiger partial charge is 0.205 e. The van der Waals surface area contributed by atoms with E-state index in [0.717, 1.165) is 0 Å². The molecule has 0 spiro atoms. The average molecular weight is 194 g/mol. The van der Waals surface area contributed by atoms with Crippen LogP contribution in [0.15, 0.2) is 30.4 Å². The summed E-state index contributed by atoms with van der Waals surface area (Å²) < 4.78 is 0. The number of allylic oxidation sites excluding steroid dienone is 2. The summed E-state index contributed by atoms with van der Waals surface area (Å²) in [5, 5.41) is 5.88. The SMILES string of the molecule is C=CC(=O)/C(C=C)=N/N(C)C(C)(C)C. The van der Waals surface area contributed by atoms with Crippen LogP contribution in [0.1, 0.15) is 20.8 Å². The van der Waals surface area contributed by atoms with Crippen LogP contribution >= 0.6 is 0 Å². The first-order chi connectivity index (χ1) is 6.32. The maximum atomic E-state index is 11.3. The number of hydrogen-bond acceptors (Lipinski definition) is 3. The van der Waals surface area contributed by atoms with E-state index in [-0.39, 0.29) is 11.3 Å². The summed E-state index contributed by atoms with van der Waals surface area (Å²) in [6.45, 7) is 13.0. The predicted molar refractivity (Wildman–Crippen MR) is 60.4 cm³/mol. The van der Waals surface area contributed by atoms with Crippen LogP contribution in [-0.2, 0) is 4.79 Å². The number of ketones is 1. The number of nitrogens with zero attached hydrogens (tertiary/aromatic N) is 2. The summed E-state index contributed by atoms with van der Waals surface area (Å²) in [5.41, 5.74) is 0.202. The van der Waals surface area contributed by atoms with E-state index in [9.17, 15) is 4.79 Å². The molecule has 0 aliphatic heterocycles. The summed E-state index contributed by atoms with van der Waals surface area (Å²) in [6, 6.07) is 0. The maximum Gasteiger partial charge on any atom is 0.205 e. The Bertz CT molecular complexity index is 272. The van der Waals surface area contributed by atoms with Crippen molar-refractivity contribution in [3.8, 4) is 0 Å². The molecule has 0 atom stereocenters. The lowest BCUT2D eigenvalue weighted by Crippen LogP contribution is -2.35. The fourth-order valence-corrected chi connectivity index (χ4v) is 0.607. The Morgan fingerprint density at radius 1 is 1.29 bits per heavy atom. The van der Waals surface area contributed by atoms with Crippen LogP contribution in [0.25, 0.3) is 0 Å². The van der Waals surface area contributed by atoms with Crippen molar-refractivity contribution in [1.82, 2.24) is 5.01 Å². The van der Waals surface area contributed by atoms with Crippen molar-refractivity contribution in [1.29, 1.82) is 0 Å². The van der Waals surface area contributed by atoms with Crippen LogP contribution in [-0.4, -0.2) is 29.1 Å². The molecule has 0 aromatic carbocycles. The van der Waals surface area contributed by atoms with Gasteiger partial charge in [-0.05, 0) is 32.9 Å². The number of carbonyl (C=O) groups excluding carboxylic acids is 1.